The zero-order chi connectivity index (χ0) is 20.3. The summed E-state index contributed by atoms with van der Waals surface area (Å²) in [5.41, 5.74) is 1.27. The van der Waals surface area contributed by atoms with Crippen LogP contribution in [0.15, 0.2) is 54.9 Å². The Morgan fingerprint density at radius 2 is 1.93 bits per heavy atom. The van der Waals surface area contributed by atoms with Crippen molar-refractivity contribution in [2.24, 2.45) is 7.05 Å². The Labute approximate surface area is 164 Å². The van der Waals surface area contributed by atoms with Gasteiger partial charge >= 0.3 is 6.18 Å². The number of halogens is 4. The summed E-state index contributed by atoms with van der Waals surface area (Å²) in [6.07, 6.45) is -0.598. The number of aromatic nitrogens is 2. The number of rotatable bonds is 5. The molecule has 8 heteroatoms. The second-order valence-electron chi connectivity index (χ2n) is 6.26. The zero-order valence-electron chi connectivity index (χ0n) is 14.9. The van der Waals surface area contributed by atoms with Gasteiger partial charge in [-0.15, -0.1) is 0 Å². The second-order valence-corrected chi connectivity index (χ2v) is 6.67. The smallest absolute Gasteiger partial charge is 0.352 e. The number of nitrogens with zero attached hydrogens (tertiary/aromatic N) is 2. The summed E-state index contributed by atoms with van der Waals surface area (Å²) in [7, 11) is 1.82. The third-order valence-electron chi connectivity index (χ3n) is 4.25. The molecule has 0 unspecified atom stereocenters. The Bertz CT molecular complexity index is 998. The van der Waals surface area contributed by atoms with Gasteiger partial charge in [-0.05, 0) is 35.7 Å². The van der Waals surface area contributed by atoms with Crippen LogP contribution in [0.4, 0.5) is 13.2 Å². The third kappa shape index (κ3) is 4.54. The fourth-order valence-electron chi connectivity index (χ4n) is 2.83. The van der Waals surface area contributed by atoms with E-state index in [2.05, 4.69) is 10.4 Å². The molecule has 28 heavy (non-hydrogen) atoms. The zero-order valence-corrected chi connectivity index (χ0v) is 15.7. The number of aryl methyl sites for hydroxylation is 1. The Balaban J connectivity index is 1.65. The van der Waals surface area contributed by atoms with Crippen LogP contribution in [-0.2, 0) is 19.6 Å². The number of amides is 1. The predicted molar refractivity (Wildman–Crippen MR) is 101 cm³/mol. The molecule has 146 valence electrons. The van der Waals surface area contributed by atoms with Crippen molar-refractivity contribution in [3.05, 3.63) is 76.6 Å². The van der Waals surface area contributed by atoms with E-state index in [9.17, 15) is 18.0 Å². The molecule has 1 aromatic heterocycles. The minimum Gasteiger partial charge on any atom is -0.352 e. The molecule has 0 aliphatic carbocycles. The standard InChI is InChI=1S/C20H17ClF3N3O/c1-27-12-15(11-26-27)14-7-6-13(18(21)10-14)8-9-25-19(28)16-4-2-3-5-17(16)20(22,23)24/h2-7,10-12H,8-9H2,1H3,(H,25,28). The van der Waals surface area contributed by atoms with E-state index in [1.54, 1.807) is 16.9 Å². The summed E-state index contributed by atoms with van der Waals surface area (Å²) >= 11 is 6.31. The molecule has 0 saturated carbocycles. The van der Waals surface area contributed by atoms with Gasteiger partial charge in [0.1, 0.15) is 0 Å². The van der Waals surface area contributed by atoms with Crippen LogP contribution in [-0.4, -0.2) is 22.2 Å². The first-order valence-electron chi connectivity index (χ1n) is 8.47. The van der Waals surface area contributed by atoms with E-state index in [-0.39, 0.29) is 6.54 Å². The van der Waals surface area contributed by atoms with Gasteiger partial charge in [-0.1, -0.05) is 35.9 Å². The molecule has 0 radical (unpaired) electrons. The Kier molecular flexibility index (Phi) is 5.74. The first-order valence-corrected chi connectivity index (χ1v) is 8.85. The topological polar surface area (TPSA) is 46.9 Å². The van der Waals surface area contributed by atoms with Crippen molar-refractivity contribution in [2.45, 2.75) is 12.6 Å². The minimum absolute atomic E-state index is 0.164. The van der Waals surface area contributed by atoms with E-state index in [1.807, 2.05) is 25.4 Å². The van der Waals surface area contributed by atoms with Gasteiger partial charge in [0.2, 0.25) is 0 Å². The number of carbonyl (C=O) groups excluding carboxylic acids is 1. The number of nitrogens with one attached hydrogen (secondary N) is 1. The van der Waals surface area contributed by atoms with Gasteiger partial charge in [-0.2, -0.15) is 18.3 Å². The highest BCUT2D eigenvalue weighted by molar-refractivity contribution is 6.31. The first kappa shape index (κ1) is 19.9. The lowest BCUT2D eigenvalue weighted by atomic mass is 10.0. The molecule has 1 amide bonds. The first-order chi connectivity index (χ1) is 13.3. The fraction of sp³-hybridized carbons (Fsp3) is 0.200. The van der Waals surface area contributed by atoms with Gasteiger partial charge in [-0.3, -0.25) is 9.48 Å². The van der Waals surface area contributed by atoms with E-state index in [0.29, 0.717) is 11.4 Å². The van der Waals surface area contributed by atoms with Gasteiger partial charge < -0.3 is 5.32 Å². The van der Waals surface area contributed by atoms with Crippen molar-refractivity contribution in [2.75, 3.05) is 6.54 Å². The van der Waals surface area contributed by atoms with Crippen molar-refractivity contribution in [3.8, 4) is 11.1 Å². The molecule has 0 saturated heterocycles. The van der Waals surface area contributed by atoms with Gasteiger partial charge in [-0.25, -0.2) is 0 Å². The van der Waals surface area contributed by atoms with Crippen molar-refractivity contribution in [1.29, 1.82) is 0 Å². The molecule has 1 heterocycles. The van der Waals surface area contributed by atoms with E-state index in [4.69, 9.17) is 11.6 Å². The lowest BCUT2D eigenvalue weighted by Gasteiger charge is -2.13. The predicted octanol–water partition coefficient (Wildman–Crippen LogP) is 4.73. The van der Waals surface area contributed by atoms with Crippen LogP contribution in [0.5, 0.6) is 0 Å². The summed E-state index contributed by atoms with van der Waals surface area (Å²) in [5, 5.41) is 7.16. The van der Waals surface area contributed by atoms with E-state index >= 15 is 0 Å². The van der Waals surface area contributed by atoms with E-state index in [1.165, 1.54) is 12.1 Å². The SMILES string of the molecule is Cn1cc(-c2ccc(CCNC(=O)c3ccccc3C(F)(F)F)c(Cl)c2)cn1. The number of carbonyl (C=O) groups is 1. The molecule has 0 aliphatic rings. The maximum Gasteiger partial charge on any atom is 0.417 e. The maximum atomic E-state index is 13.0. The van der Waals surface area contributed by atoms with Crippen LogP contribution in [0, 0.1) is 0 Å². The highest BCUT2D eigenvalue weighted by Crippen LogP contribution is 2.31. The quantitative estimate of drug-likeness (QED) is 0.664. The normalized spacial score (nSPS) is 11.5. The summed E-state index contributed by atoms with van der Waals surface area (Å²) < 4.78 is 40.8. The second kappa shape index (κ2) is 8.06. The average molecular weight is 408 g/mol. The summed E-state index contributed by atoms with van der Waals surface area (Å²) in [6, 6.07) is 10.2. The summed E-state index contributed by atoms with van der Waals surface area (Å²) in [4.78, 5) is 12.2. The Hall–Kier alpha value is -2.80. The van der Waals surface area contributed by atoms with Crippen LogP contribution >= 0.6 is 11.6 Å². The molecule has 1 N–H and O–H groups in total. The van der Waals surface area contributed by atoms with E-state index in [0.717, 1.165) is 28.8 Å². The molecule has 0 bridgehead atoms. The highest BCUT2D eigenvalue weighted by Gasteiger charge is 2.34. The number of hydrogen-bond acceptors (Lipinski definition) is 2. The lowest BCUT2D eigenvalue weighted by molar-refractivity contribution is -0.137. The third-order valence-corrected chi connectivity index (χ3v) is 4.60. The van der Waals surface area contributed by atoms with Crippen LogP contribution in [0.2, 0.25) is 5.02 Å². The molecule has 0 atom stereocenters. The largest absolute Gasteiger partial charge is 0.417 e. The molecule has 3 rings (SSSR count). The van der Waals surface area contributed by atoms with Gasteiger partial charge in [0, 0.05) is 30.4 Å². The Morgan fingerprint density at radius 1 is 1.18 bits per heavy atom. The van der Waals surface area contributed by atoms with Crippen molar-refractivity contribution in [3.63, 3.8) is 0 Å². The monoisotopic (exact) mass is 407 g/mol. The summed E-state index contributed by atoms with van der Waals surface area (Å²) in [5.74, 6) is -0.768. The van der Waals surface area contributed by atoms with E-state index < -0.39 is 23.2 Å². The molecular formula is C20H17ClF3N3O. The van der Waals surface area contributed by atoms with Gasteiger partial charge in [0.25, 0.3) is 5.91 Å². The van der Waals surface area contributed by atoms with Crippen LogP contribution < -0.4 is 5.32 Å². The fourth-order valence-corrected chi connectivity index (χ4v) is 3.11. The Morgan fingerprint density at radius 3 is 2.57 bits per heavy atom. The molecule has 0 spiro atoms. The highest BCUT2D eigenvalue weighted by atomic mass is 35.5. The maximum absolute atomic E-state index is 13.0. The molecular weight excluding hydrogens is 391 g/mol. The van der Waals surface area contributed by atoms with Crippen LogP contribution in [0.3, 0.4) is 0 Å². The summed E-state index contributed by atoms with van der Waals surface area (Å²) in [6.45, 7) is 0.164. The van der Waals surface area contributed by atoms with Crippen molar-refractivity contribution < 1.29 is 18.0 Å². The average Bonchev–Trinajstić information content (AvgIpc) is 3.08. The number of hydrogen-bond donors (Lipinski definition) is 1. The molecule has 0 fully saturated rings. The van der Waals surface area contributed by atoms with Crippen molar-refractivity contribution in [1.82, 2.24) is 15.1 Å². The molecule has 3 aromatic rings. The molecule has 4 nitrogen and oxygen atoms in total. The molecule has 0 aliphatic heterocycles. The number of benzene rings is 2. The minimum atomic E-state index is -4.58. The van der Waals surface area contributed by atoms with Gasteiger partial charge in [0.15, 0.2) is 0 Å². The van der Waals surface area contributed by atoms with Crippen LogP contribution in [0.25, 0.3) is 11.1 Å². The lowest BCUT2D eigenvalue weighted by Crippen LogP contribution is -2.28. The molecule has 2 aromatic carbocycles. The van der Waals surface area contributed by atoms with Gasteiger partial charge in [0.05, 0.1) is 17.3 Å². The van der Waals surface area contributed by atoms with Crippen molar-refractivity contribution >= 4 is 17.5 Å². The van der Waals surface area contributed by atoms with Crippen LogP contribution in [0.1, 0.15) is 21.5 Å². The number of alkyl halides is 3.